The minimum atomic E-state index is -0.929. The number of benzene rings is 2. The van der Waals surface area contributed by atoms with Crippen LogP contribution in [0.25, 0.3) is 21.8 Å². The summed E-state index contributed by atoms with van der Waals surface area (Å²) in [6, 6.07) is 14.2. The van der Waals surface area contributed by atoms with E-state index in [1.807, 2.05) is 29.6 Å². The van der Waals surface area contributed by atoms with Gasteiger partial charge in [-0.15, -0.1) is 11.3 Å². The lowest BCUT2D eigenvalue weighted by Crippen LogP contribution is -1.94. The number of carboxylic acids is 1. The molecule has 0 aliphatic rings. The number of thiazole rings is 1. The summed E-state index contributed by atoms with van der Waals surface area (Å²) in [4.78, 5) is 15.4. The third kappa shape index (κ3) is 2.96. The Kier molecular flexibility index (Phi) is 3.73. The van der Waals surface area contributed by atoms with Gasteiger partial charge in [-0.25, -0.2) is 9.78 Å². The molecule has 0 fully saturated rings. The third-order valence-electron chi connectivity index (χ3n) is 3.02. The van der Waals surface area contributed by atoms with Gasteiger partial charge >= 0.3 is 5.97 Å². The summed E-state index contributed by atoms with van der Waals surface area (Å²) in [6.45, 7) is 0. The van der Waals surface area contributed by atoms with Crippen molar-refractivity contribution in [2.45, 2.75) is 0 Å². The maximum Gasteiger partial charge on any atom is 0.335 e. The van der Waals surface area contributed by atoms with Crippen molar-refractivity contribution in [1.29, 1.82) is 0 Å². The fourth-order valence-electron chi connectivity index (χ4n) is 1.91. The maximum absolute atomic E-state index is 10.8. The molecule has 2 aromatic carbocycles. The van der Waals surface area contributed by atoms with Gasteiger partial charge in [0, 0.05) is 21.5 Å². The van der Waals surface area contributed by atoms with Crippen LogP contribution >= 0.6 is 22.9 Å². The van der Waals surface area contributed by atoms with Crippen molar-refractivity contribution < 1.29 is 9.90 Å². The van der Waals surface area contributed by atoms with Crippen LogP contribution in [0.5, 0.6) is 0 Å². The van der Waals surface area contributed by atoms with Gasteiger partial charge in [0.1, 0.15) is 5.01 Å². The van der Waals surface area contributed by atoms with Gasteiger partial charge < -0.3 is 5.11 Å². The molecular formula is C16H10ClNO2S. The Morgan fingerprint density at radius 2 is 1.62 bits per heavy atom. The van der Waals surface area contributed by atoms with Crippen molar-refractivity contribution in [2.24, 2.45) is 0 Å². The van der Waals surface area contributed by atoms with Gasteiger partial charge in [-0.2, -0.15) is 0 Å². The molecule has 21 heavy (non-hydrogen) atoms. The van der Waals surface area contributed by atoms with Gasteiger partial charge in [0.25, 0.3) is 0 Å². The van der Waals surface area contributed by atoms with Crippen LogP contribution < -0.4 is 0 Å². The first-order chi connectivity index (χ1) is 10.1. The molecule has 0 bridgehead atoms. The number of hydrogen-bond acceptors (Lipinski definition) is 3. The Morgan fingerprint density at radius 1 is 1.00 bits per heavy atom. The van der Waals surface area contributed by atoms with Gasteiger partial charge in [0.2, 0.25) is 0 Å². The number of aromatic nitrogens is 1. The summed E-state index contributed by atoms with van der Waals surface area (Å²) < 4.78 is 0. The summed E-state index contributed by atoms with van der Waals surface area (Å²) in [5.74, 6) is -0.929. The summed E-state index contributed by atoms with van der Waals surface area (Å²) in [7, 11) is 0. The van der Waals surface area contributed by atoms with E-state index < -0.39 is 5.97 Å². The second-order valence-electron chi connectivity index (χ2n) is 4.43. The van der Waals surface area contributed by atoms with Crippen LogP contribution in [-0.2, 0) is 0 Å². The molecule has 5 heteroatoms. The molecule has 3 aromatic rings. The van der Waals surface area contributed by atoms with Crippen molar-refractivity contribution in [3.63, 3.8) is 0 Å². The van der Waals surface area contributed by atoms with Crippen LogP contribution in [0.15, 0.2) is 53.9 Å². The highest BCUT2D eigenvalue weighted by Crippen LogP contribution is 2.29. The number of carboxylic acid groups (broad SMARTS) is 1. The van der Waals surface area contributed by atoms with Crippen LogP contribution in [-0.4, -0.2) is 16.1 Å². The van der Waals surface area contributed by atoms with Gasteiger partial charge in [0.05, 0.1) is 11.3 Å². The molecule has 0 amide bonds. The Bertz CT molecular complexity index is 779. The van der Waals surface area contributed by atoms with E-state index in [1.54, 1.807) is 35.6 Å². The summed E-state index contributed by atoms with van der Waals surface area (Å²) in [5.41, 5.74) is 3.02. The monoisotopic (exact) mass is 315 g/mol. The average molecular weight is 316 g/mol. The number of nitrogens with zero attached hydrogens (tertiary/aromatic N) is 1. The zero-order valence-electron chi connectivity index (χ0n) is 10.8. The highest BCUT2D eigenvalue weighted by Gasteiger charge is 2.08. The second-order valence-corrected chi connectivity index (χ2v) is 5.72. The SMILES string of the molecule is O=C(O)c1ccc(-c2csc(-c3ccc(Cl)cc3)n2)cc1. The van der Waals surface area contributed by atoms with Crippen molar-refractivity contribution in [1.82, 2.24) is 4.98 Å². The first-order valence-electron chi connectivity index (χ1n) is 6.19. The Balaban J connectivity index is 1.90. The Labute approximate surface area is 130 Å². The standard InChI is InChI=1S/C16H10ClNO2S/c17-13-7-5-11(6-8-13)15-18-14(9-21-15)10-1-3-12(4-2-10)16(19)20/h1-9H,(H,19,20). The van der Waals surface area contributed by atoms with Crippen LogP contribution in [0.3, 0.4) is 0 Å². The number of aromatic carboxylic acids is 1. The number of rotatable bonds is 3. The average Bonchev–Trinajstić information content (AvgIpc) is 2.98. The smallest absolute Gasteiger partial charge is 0.335 e. The van der Waals surface area contributed by atoms with E-state index in [0.29, 0.717) is 5.02 Å². The molecule has 0 saturated carbocycles. The predicted octanol–water partition coefficient (Wildman–Crippen LogP) is 4.83. The lowest BCUT2D eigenvalue weighted by Gasteiger charge is -1.98. The molecule has 1 aromatic heterocycles. The summed E-state index contributed by atoms with van der Waals surface area (Å²) >= 11 is 7.42. The summed E-state index contributed by atoms with van der Waals surface area (Å²) in [5, 5.41) is 12.5. The molecule has 104 valence electrons. The molecule has 1 heterocycles. The van der Waals surface area contributed by atoms with Crippen molar-refractivity contribution in [2.75, 3.05) is 0 Å². The van der Waals surface area contributed by atoms with Gasteiger partial charge in [-0.05, 0) is 24.3 Å². The molecule has 3 nitrogen and oxygen atoms in total. The molecule has 0 unspecified atom stereocenters. The number of carbonyl (C=O) groups is 1. The molecule has 3 rings (SSSR count). The third-order valence-corrected chi connectivity index (χ3v) is 4.17. The van der Waals surface area contributed by atoms with E-state index in [1.165, 1.54) is 0 Å². The molecule has 0 atom stereocenters. The summed E-state index contributed by atoms with van der Waals surface area (Å²) in [6.07, 6.45) is 0. The van der Waals surface area contributed by atoms with E-state index in [9.17, 15) is 4.79 Å². The molecule has 0 saturated heterocycles. The fourth-order valence-corrected chi connectivity index (χ4v) is 2.88. The highest BCUT2D eigenvalue weighted by molar-refractivity contribution is 7.13. The van der Waals surface area contributed by atoms with Crippen molar-refractivity contribution in [3.05, 3.63) is 64.5 Å². The van der Waals surface area contributed by atoms with E-state index in [0.717, 1.165) is 21.8 Å². The highest BCUT2D eigenvalue weighted by atomic mass is 35.5. The van der Waals surface area contributed by atoms with E-state index in [2.05, 4.69) is 4.98 Å². The van der Waals surface area contributed by atoms with E-state index in [-0.39, 0.29) is 5.56 Å². The van der Waals surface area contributed by atoms with E-state index >= 15 is 0 Å². The minimum absolute atomic E-state index is 0.270. The van der Waals surface area contributed by atoms with Crippen LogP contribution in [0.1, 0.15) is 10.4 Å². The van der Waals surface area contributed by atoms with Crippen molar-refractivity contribution >= 4 is 28.9 Å². The molecule has 0 aliphatic heterocycles. The Hall–Kier alpha value is -2.17. The number of halogens is 1. The largest absolute Gasteiger partial charge is 0.478 e. The van der Waals surface area contributed by atoms with E-state index in [4.69, 9.17) is 16.7 Å². The second kappa shape index (κ2) is 5.68. The molecular weight excluding hydrogens is 306 g/mol. The first kappa shape index (κ1) is 13.8. The maximum atomic E-state index is 10.8. The van der Waals surface area contributed by atoms with Crippen LogP contribution in [0, 0.1) is 0 Å². The molecule has 0 radical (unpaired) electrons. The van der Waals surface area contributed by atoms with Crippen molar-refractivity contribution in [3.8, 4) is 21.8 Å². The quantitative estimate of drug-likeness (QED) is 0.753. The minimum Gasteiger partial charge on any atom is -0.478 e. The molecule has 1 N–H and O–H groups in total. The molecule has 0 aliphatic carbocycles. The predicted molar refractivity (Wildman–Crippen MR) is 85.0 cm³/mol. The van der Waals surface area contributed by atoms with Gasteiger partial charge in [0.15, 0.2) is 0 Å². The lowest BCUT2D eigenvalue weighted by molar-refractivity contribution is 0.0697. The van der Waals surface area contributed by atoms with Gasteiger partial charge in [-0.1, -0.05) is 35.9 Å². The lowest BCUT2D eigenvalue weighted by atomic mass is 10.1. The molecule has 0 spiro atoms. The van der Waals surface area contributed by atoms with Crippen LogP contribution in [0.4, 0.5) is 0 Å². The zero-order valence-corrected chi connectivity index (χ0v) is 12.4. The van der Waals surface area contributed by atoms with Gasteiger partial charge in [-0.3, -0.25) is 0 Å². The number of hydrogen-bond donors (Lipinski definition) is 1. The normalized spacial score (nSPS) is 10.5. The Morgan fingerprint density at radius 3 is 2.24 bits per heavy atom. The first-order valence-corrected chi connectivity index (χ1v) is 7.44. The van der Waals surface area contributed by atoms with Crippen LogP contribution in [0.2, 0.25) is 5.02 Å². The zero-order chi connectivity index (χ0) is 14.8. The fraction of sp³-hybridized carbons (Fsp3) is 0. The topological polar surface area (TPSA) is 50.2 Å².